The van der Waals surface area contributed by atoms with Gasteiger partial charge in [-0.3, -0.25) is 0 Å². The van der Waals surface area contributed by atoms with Crippen LogP contribution in [0.4, 0.5) is 0 Å². The summed E-state index contributed by atoms with van der Waals surface area (Å²) in [6.45, 7) is 0. The van der Waals surface area contributed by atoms with Crippen LogP contribution in [0.25, 0.3) is 0 Å². The van der Waals surface area contributed by atoms with Crippen molar-refractivity contribution in [2.75, 3.05) is 0 Å². The Bertz CT molecular complexity index is 140. The zero-order valence-electron chi connectivity index (χ0n) is 3.49. The van der Waals surface area contributed by atoms with Crippen molar-refractivity contribution in [1.29, 1.82) is 0 Å². The second-order valence-electron chi connectivity index (χ2n) is 0.880. The number of carbonyl (C=O) groups is 1. The minimum atomic E-state index is -1.01. The van der Waals surface area contributed by atoms with Gasteiger partial charge in [0, 0.05) is 0 Å². The summed E-state index contributed by atoms with van der Waals surface area (Å²) in [5.74, 6) is -1.01. The summed E-state index contributed by atoms with van der Waals surface area (Å²) < 4.78 is 0.481. The first-order valence-corrected chi connectivity index (χ1v) is 3.87. The molecule has 0 rings (SSSR count). The van der Waals surface area contributed by atoms with Crippen LogP contribution < -0.4 is 0 Å². The Morgan fingerprint density at radius 3 is 1.56 bits per heavy atom. The number of carboxylic acid groups (broad SMARTS) is 1. The zero-order chi connectivity index (χ0) is 6.73. The molecule has 6 heteroatoms. The molecule has 2 nitrogen and oxygen atoms in total. The van der Waals surface area contributed by atoms with Crippen molar-refractivity contribution in [3.8, 4) is 0 Å². The van der Waals surface area contributed by atoms with Gasteiger partial charge in [-0.1, -0.05) is 0 Å². The van der Waals surface area contributed by atoms with Crippen LogP contribution in [0.15, 0.2) is 7.87 Å². The molecule has 0 saturated carbocycles. The van der Waals surface area contributed by atoms with Crippen LogP contribution in [0.3, 0.4) is 0 Å². The summed E-state index contributed by atoms with van der Waals surface area (Å²) in [4.78, 5) is 9.98. The molecule has 0 atom stereocenters. The first-order valence-electron chi connectivity index (χ1n) is 1.49. The molecule has 0 amide bonds. The molecule has 0 aromatic rings. The SMILES string of the molecule is O=C(O)C(Br)=C(Br)Br.[GaH3]. The van der Waals surface area contributed by atoms with Crippen molar-refractivity contribution >= 4 is 73.5 Å². The normalized spacial score (nSPS) is 7.44. The zero-order valence-corrected chi connectivity index (χ0v) is 8.25. The van der Waals surface area contributed by atoms with Crippen LogP contribution in [-0.4, -0.2) is 30.9 Å². The number of carboxylic acids is 1. The van der Waals surface area contributed by atoms with Gasteiger partial charge in [-0.05, 0) is 47.8 Å². The van der Waals surface area contributed by atoms with Crippen molar-refractivity contribution in [1.82, 2.24) is 0 Å². The van der Waals surface area contributed by atoms with Crippen molar-refractivity contribution in [2.24, 2.45) is 0 Å². The molecule has 0 aromatic carbocycles. The summed E-state index contributed by atoms with van der Waals surface area (Å²) in [5.41, 5.74) is 0. The Morgan fingerprint density at radius 2 is 1.56 bits per heavy atom. The molecule has 52 valence electrons. The van der Waals surface area contributed by atoms with E-state index in [1.54, 1.807) is 0 Å². The Labute approximate surface area is 90.5 Å². The van der Waals surface area contributed by atoms with E-state index in [4.69, 9.17) is 5.11 Å². The molecule has 1 N–H and O–H groups in total. The molecule has 0 aliphatic carbocycles. The van der Waals surface area contributed by atoms with Gasteiger partial charge in [-0.2, -0.15) is 0 Å². The molecule has 0 spiro atoms. The molecular formula is C3H4Br3GaO2. The van der Waals surface area contributed by atoms with Crippen molar-refractivity contribution in [3.63, 3.8) is 0 Å². The van der Waals surface area contributed by atoms with E-state index >= 15 is 0 Å². The number of rotatable bonds is 1. The van der Waals surface area contributed by atoms with Gasteiger partial charge in [0.05, 0.1) is 3.39 Å². The van der Waals surface area contributed by atoms with Crippen molar-refractivity contribution < 1.29 is 9.90 Å². The number of hydrogen-bond acceptors (Lipinski definition) is 1. The first-order chi connectivity index (χ1) is 3.55. The Kier molecular flexibility index (Phi) is 8.65. The fourth-order valence-corrected chi connectivity index (χ4v) is 0.420. The van der Waals surface area contributed by atoms with Gasteiger partial charge in [-0.25, -0.2) is 4.79 Å². The van der Waals surface area contributed by atoms with Crippen LogP contribution in [-0.2, 0) is 4.79 Å². The van der Waals surface area contributed by atoms with Crippen LogP contribution >= 0.6 is 47.8 Å². The summed E-state index contributed by atoms with van der Waals surface area (Å²) in [6.07, 6.45) is 0. The number of halogens is 3. The van der Waals surface area contributed by atoms with E-state index in [2.05, 4.69) is 47.8 Å². The van der Waals surface area contributed by atoms with Gasteiger partial charge in [0.25, 0.3) is 0 Å². The second kappa shape index (κ2) is 6.03. The van der Waals surface area contributed by atoms with E-state index < -0.39 is 5.97 Å². The standard InChI is InChI=1S/C3HBr3O2.Ga.3H/c4-1(2(5)6)3(7)8;;;;/h(H,7,8);;;;. The molecule has 0 fully saturated rings. The van der Waals surface area contributed by atoms with Crippen LogP contribution in [0, 0.1) is 0 Å². The van der Waals surface area contributed by atoms with Crippen molar-refractivity contribution in [2.45, 2.75) is 0 Å². The maximum atomic E-state index is 9.98. The minimum absolute atomic E-state index is 0. The Balaban J connectivity index is 0. The maximum absolute atomic E-state index is 9.98. The van der Waals surface area contributed by atoms with E-state index in [-0.39, 0.29) is 24.3 Å². The van der Waals surface area contributed by atoms with E-state index in [1.807, 2.05) is 0 Å². The van der Waals surface area contributed by atoms with Gasteiger partial charge in [0.15, 0.2) is 0 Å². The monoisotopic (exact) mass is 378 g/mol. The quantitative estimate of drug-likeness (QED) is 0.548. The van der Waals surface area contributed by atoms with Crippen molar-refractivity contribution in [3.05, 3.63) is 7.87 Å². The Hall–Kier alpha value is 1.29. The molecular weight excluding hydrogens is 377 g/mol. The predicted molar refractivity (Wildman–Crippen MR) is 51.4 cm³/mol. The molecule has 0 saturated heterocycles. The third kappa shape index (κ3) is 5.72. The van der Waals surface area contributed by atoms with Crippen LogP contribution in [0.5, 0.6) is 0 Å². The fourth-order valence-electron chi connectivity index (χ4n) is 0.0808. The molecule has 0 heterocycles. The average molecular weight is 381 g/mol. The fraction of sp³-hybridized carbons (Fsp3) is 0. The third-order valence-electron chi connectivity index (χ3n) is 0.354. The van der Waals surface area contributed by atoms with E-state index in [1.165, 1.54) is 0 Å². The first kappa shape index (κ1) is 12.9. The predicted octanol–water partition coefficient (Wildman–Crippen LogP) is 1.24. The molecule has 0 radical (unpaired) electrons. The van der Waals surface area contributed by atoms with E-state index in [0.29, 0.717) is 3.39 Å². The summed E-state index contributed by atoms with van der Waals surface area (Å²) in [7, 11) is 0. The van der Waals surface area contributed by atoms with Gasteiger partial charge >= 0.3 is 25.8 Å². The summed E-state index contributed by atoms with van der Waals surface area (Å²) >= 11 is 8.61. The molecule has 0 bridgehead atoms. The molecule has 0 aliphatic rings. The number of hydrogen-bond donors (Lipinski definition) is 1. The Morgan fingerprint density at radius 1 is 1.22 bits per heavy atom. The van der Waals surface area contributed by atoms with Crippen LogP contribution in [0.1, 0.15) is 0 Å². The average Bonchev–Trinajstić information content (AvgIpc) is 1.64. The molecule has 0 unspecified atom stereocenters. The summed E-state index contributed by atoms with van der Waals surface area (Å²) in [5, 5.41) is 8.19. The van der Waals surface area contributed by atoms with Crippen LogP contribution in [0.2, 0.25) is 0 Å². The number of aliphatic carboxylic acids is 1. The van der Waals surface area contributed by atoms with Gasteiger partial charge < -0.3 is 5.11 Å². The summed E-state index contributed by atoms with van der Waals surface area (Å²) in [6, 6.07) is 0. The molecule has 9 heavy (non-hydrogen) atoms. The third-order valence-corrected chi connectivity index (χ3v) is 2.95. The van der Waals surface area contributed by atoms with E-state index in [9.17, 15) is 4.79 Å². The topological polar surface area (TPSA) is 37.3 Å². The van der Waals surface area contributed by atoms with Gasteiger partial charge in [0.1, 0.15) is 4.48 Å². The second-order valence-corrected chi connectivity index (χ2v) is 4.32. The van der Waals surface area contributed by atoms with E-state index in [0.717, 1.165) is 0 Å². The van der Waals surface area contributed by atoms with Gasteiger partial charge in [-0.15, -0.1) is 0 Å². The van der Waals surface area contributed by atoms with Gasteiger partial charge in [0.2, 0.25) is 0 Å². The molecule has 0 aliphatic heterocycles. The molecule has 0 aromatic heterocycles.